The van der Waals surface area contributed by atoms with Crippen molar-refractivity contribution in [2.75, 3.05) is 12.4 Å². The van der Waals surface area contributed by atoms with Gasteiger partial charge in [-0.3, -0.25) is 0 Å². The summed E-state index contributed by atoms with van der Waals surface area (Å²) < 4.78 is 5.30. The molecule has 5 heteroatoms. The molecule has 0 aliphatic heterocycles. The van der Waals surface area contributed by atoms with Crippen molar-refractivity contribution in [3.63, 3.8) is 0 Å². The summed E-state index contributed by atoms with van der Waals surface area (Å²) in [6.45, 7) is 2.59. The summed E-state index contributed by atoms with van der Waals surface area (Å²) in [6, 6.07) is 7.60. The van der Waals surface area contributed by atoms with Crippen molar-refractivity contribution in [2.45, 2.75) is 13.5 Å². The van der Waals surface area contributed by atoms with Crippen LogP contribution in [0.5, 0.6) is 5.75 Å². The minimum atomic E-state index is -0.893. The highest BCUT2D eigenvalue weighted by molar-refractivity contribution is 7.10. The maximum absolute atomic E-state index is 10.8. The highest BCUT2D eigenvalue weighted by atomic mass is 32.1. The van der Waals surface area contributed by atoms with Gasteiger partial charge >= 0.3 is 5.97 Å². The Morgan fingerprint density at radius 3 is 2.84 bits per heavy atom. The number of thiophene rings is 1. The molecule has 1 aromatic carbocycles. The fraction of sp³-hybridized carbons (Fsp3) is 0.214. The van der Waals surface area contributed by atoms with Crippen molar-refractivity contribution in [2.24, 2.45) is 0 Å². The third-order valence-corrected chi connectivity index (χ3v) is 3.65. The molecule has 0 unspecified atom stereocenters. The number of benzene rings is 1. The Hall–Kier alpha value is -2.01. The van der Waals surface area contributed by atoms with Crippen LogP contribution in [0.4, 0.5) is 5.69 Å². The Labute approximate surface area is 115 Å². The van der Waals surface area contributed by atoms with Gasteiger partial charge in [-0.1, -0.05) is 6.07 Å². The highest BCUT2D eigenvalue weighted by Gasteiger charge is 2.07. The quantitative estimate of drug-likeness (QED) is 0.879. The van der Waals surface area contributed by atoms with Crippen LogP contribution < -0.4 is 10.1 Å². The summed E-state index contributed by atoms with van der Waals surface area (Å²) in [4.78, 5) is 11.8. The Kier molecular flexibility index (Phi) is 4.06. The lowest BCUT2D eigenvalue weighted by atomic mass is 10.2. The van der Waals surface area contributed by atoms with Gasteiger partial charge in [0.25, 0.3) is 0 Å². The smallest absolute Gasteiger partial charge is 0.336 e. The minimum Gasteiger partial charge on any atom is -0.495 e. The zero-order chi connectivity index (χ0) is 13.8. The number of carboxylic acids is 1. The zero-order valence-corrected chi connectivity index (χ0v) is 11.6. The molecule has 0 radical (unpaired) electrons. The van der Waals surface area contributed by atoms with Crippen LogP contribution in [0, 0.1) is 6.92 Å². The normalized spacial score (nSPS) is 10.2. The lowest BCUT2D eigenvalue weighted by Gasteiger charge is -2.11. The second-order valence-corrected chi connectivity index (χ2v) is 5.16. The third-order valence-electron chi connectivity index (χ3n) is 2.71. The van der Waals surface area contributed by atoms with Gasteiger partial charge in [0.1, 0.15) is 5.75 Å². The highest BCUT2D eigenvalue weighted by Crippen LogP contribution is 2.26. The molecule has 0 aliphatic rings. The molecule has 0 bridgehead atoms. The molecule has 19 heavy (non-hydrogen) atoms. The number of hydrogen-bond donors (Lipinski definition) is 2. The Bertz CT molecular complexity index is 592. The number of carboxylic acid groups (broad SMARTS) is 1. The van der Waals surface area contributed by atoms with E-state index in [9.17, 15) is 4.79 Å². The van der Waals surface area contributed by atoms with Crippen LogP contribution in [0.3, 0.4) is 0 Å². The molecule has 0 atom stereocenters. The average Bonchev–Trinajstić information content (AvgIpc) is 2.86. The van der Waals surface area contributed by atoms with Crippen molar-refractivity contribution < 1.29 is 14.6 Å². The first-order valence-corrected chi connectivity index (χ1v) is 6.67. The number of ether oxygens (including phenoxy) is 1. The number of nitrogens with one attached hydrogen (secondary N) is 1. The van der Waals surface area contributed by atoms with Crippen LogP contribution in [0.25, 0.3) is 0 Å². The van der Waals surface area contributed by atoms with Crippen molar-refractivity contribution >= 4 is 23.0 Å². The van der Waals surface area contributed by atoms with Gasteiger partial charge in [0.2, 0.25) is 0 Å². The van der Waals surface area contributed by atoms with Crippen molar-refractivity contribution in [3.05, 3.63) is 45.6 Å². The van der Waals surface area contributed by atoms with E-state index in [1.165, 1.54) is 11.3 Å². The van der Waals surface area contributed by atoms with Crippen LogP contribution in [0.2, 0.25) is 0 Å². The molecule has 2 rings (SSSR count). The number of anilines is 1. The molecule has 0 saturated carbocycles. The van der Waals surface area contributed by atoms with Crippen LogP contribution in [0.15, 0.2) is 29.6 Å². The van der Waals surface area contributed by atoms with Crippen molar-refractivity contribution in [1.29, 1.82) is 0 Å². The summed E-state index contributed by atoms with van der Waals surface area (Å²) in [5.41, 5.74) is 2.36. The molecule has 0 aliphatic carbocycles. The summed E-state index contributed by atoms with van der Waals surface area (Å²) in [5, 5.41) is 13.8. The van der Waals surface area contributed by atoms with E-state index < -0.39 is 5.97 Å². The molecule has 0 amide bonds. The largest absolute Gasteiger partial charge is 0.495 e. The Morgan fingerprint density at radius 1 is 1.42 bits per heavy atom. The van der Waals surface area contributed by atoms with Crippen molar-refractivity contribution in [3.8, 4) is 5.75 Å². The summed E-state index contributed by atoms with van der Waals surface area (Å²) >= 11 is 1.43. The molecule has 0 saturated heterocycles. The van der Waals surface area contributed by atoms with E-state index in [-0.39, 0.29) is 0 Å². The lowest BCUT2D eigenvalue weighted by molar-refractivity contribution is 0.0697. The van der Waals surface area contributed by atoms with E-state index in [4.69, 9.17) is 9.84 Å². The third kappa shape index (κ3) is 3.26. The van der Waals surface area contributed by atoms with E-state index in [0.717, 1.165) is 21.9 Å². The standard InChI is InChI=1S/C14H15NO3S/c1-9-3-4-12(13(5-9)18-2)15-7-11-6-10(8-19-11)14(16)17/h3-6,8,15H,7H2,1-2H3,(H,16,17). The van der Waals surface area contributed by atoms with Crippen LogP contribution in [-0.4, -0.2) is 18.2 Å². The average molecular weight is 277 g/mol. The van der Waals surface area contributed by atoms with Gasteiger partial charge in [0, 0.05) is 16.8 Å². The van der Waals surface area contributed by atoms with Gasteiger partial charge in [0.05, 0.1) is 18.4 Å². The van der Waals surface area contributed by atoms with Crippen LogP contribution in [-0.2, 0) is 6.54 Å². The van der Waals surface area contributed by atoms with Gasteiger partial charge in [-0.15, -0.1) is 11.3 Å². The Balaban J connectivity index is 2.07. The molecule has 1 heterocycles. The maximum atomic E-state index is 10.8. The number of rotatable bonds is 5. The SMILES string of the molecule is COc1cc(C)ccc1NCc1cc(C(=O)O)cs1. The minimum absolute atomic E-state index is 0.331. The zero-order valence-electron chi connectivity index (χ0n) is 10.8. The van der Waals surface area contributed by atoms with E-state index in [0.29, 0.717) is 12.1 Å². The Morgan fingerprint density at radius 2 is 2.21 bits per heavy atom. The first kappa shape index (κ1) is 13.4. The fourth-order valence-electron chi connectivity index (χ4n) is 1.71. The second kappa shape index (κ2) is 5.75. The molecule has 100 valence electrons. The second-order valence-electron chi connectivity index (χ2n) is 4.16. The molecule has 0 fully saturated rings. The van der Waals surface area contributed by atoms with E-state index in [1.54, 1.807) is 18.6 Å². The molecule has 1 aromatic heterocycles. The number of carbonyl (C=O) groups is 1. The maximum Gasteiger partial charge on any atom is 0.336 e. The fourth-order valence-corrected chi connectivity index (χ4v) is 2.51. The van der Waals surface area contributed by atoms with Gasteiger partial charge in [-0.05, 0) is 30.7 Å². The van der Waals surface area contributed by atoms with Gasteiger partial charge < -0.3 is 15.2 Å². The van der Waals surface area contributed by atoms with E-state index in [2.05, 4.69) is 5.32 Å². The van der Waals surface area contributed by atoms with Gasteiger partial charge in [0.15, 0.2) is 0 Å². The predicted molar refractivity (Wildman–Crippen MR) is 76.3 cm³/mol. The number of aromatic carboxylic acids is 1. The molecular formula is C14H15NO3S. The summed E-state index contributed by atoms with van der Waals surface area (Å²) in [5.74, 6) is -0.106. The first-order valence-electron chi connectivity index (χ1n) is 5.79. The predicted octanol–water partition coefficient (Wildman–Crippen LogP) is 3.38. The summed E-state index contributed by atoms with van der Waals surface area (Å²) in [6.07, 6.45) is 0. The first-order chi connectivity index (χ1) is 9.10. The molecular weight excluding hydrogens is 262 g/mol. The topological polar surface area (TPSA) is 58.6 Å². The monoisotopic (exact) mass is 277 g/mol. The molecule has 0 spiro atoms. The van der Waals surface area contributed by atoms with Crippen LogP contribution >= 0.6 is 11.3 Å². The number of aryl methyl sites for hydroxylation is 1. The van der Waals surface area contributed by atoms with Crippen molar-refractivity contribution in [1.82, 2.24) is 0 Å². The van der Waals surface area contributed by atoms with E-state index in [1.807, 2.05) is 25.1 Å². The summed E-state index contributed by atoms with van der Waals surface area (Å²) in [7, 11) is 1.63. The van der Waals surface area contributed by atoms with E-state index >= 15 is 0 Å². The van der Waals surface area contributed by atoms with Gasteiger partial charge in [-0.2, -0.15) is 0 Å². The van der Waals surface area contributed by atoms with Gasteiger partial charge in [-0.25, -0.2) is 4.79 Å². The molecule has 2 N–H and O–H groups in total. The lowest BCUT2D eigenvalue weighted by Crippen LogP contribution is -2.00. The van der Waals surface area contributed by atoms with Crippen LogP contribution in [0.1, 0.15) is 20.8 Å². The number of hydrogen-bond acceptors (Lipinski definition) is 4. The molecule has 4 nitrogen and oxygen atoms in total. The molecule has 2 aromatic rings. The number of methoxy groups -OCH3 is 1.